The fraction of sp³-hybridized carbons (Fsp3) is 0.852. The zero-order valence-corrected chi connectivity index (χ0v) is 19.4. The van der Waals surface area contributed by atoms with Crippen LogP contribution in [0.15, 0.2) is 11.6 Å². The van der Waals surface area contributed by atoms with E-state index in [1.54, 1.807) is 0 Å². The van der Waals surface area contributed by atoms with Gasteiger partial charge >= 0.3 is 0 Å². The molecule has 3 saturated carbocycles. The van der Waals surface area contributed by atoms with Crippen LogP contribution in [0.2, 0.25) is 0 Å². The van der Waals surface area contributed by atoms with Gasteiger partial charge in [-0.1, -0.05) is 65.5 Å². The van der Waals surface area contributed by atoms with E-state index in [4.69, 9.17) is 0 Å². The number of hydrogen-bond acceptors (Lipinski definition) is 2. The van der Waals surface area contributed by atoms with E-state index in [1.807, 2.05) is 0 Å². The first-order valence-corrected chi connectivity index (χ1v) is 12.4. The van der Waals surface area contributed by atoms with E-state index < -0.39 is 0 Å². The molecule has 162 valence electrons. The minimum atomic E-state index is -0.107. The second-order valence-corrected chi connectivity index (χ2v) is 11.9. The zero-order chi connectivity index (χ0) is 21.0. The molecule has 29 heavy (non-hydrogen) atoms. The zero-order valence-electron chi connectivity index (χ0n) is 19.4. The lowest BCUT2D eigenvalue weighted by Gasteiger charge is -2.57. The average Bonchev–Trinajstić information content (AvgIpc) is 3.02. The van der Waals surface area contributed by atoms with Gasteiger partial charge in [0.05, 0.1) is 0 Å². The molecule has 2 nitrogen and oxygen atoms in total. The molecular formula is C27H42O2. The van der Waals surface area contributed by atoms with Crippen LogP contribution in [-0.4, -0.2) is 11.6 Å². The molecule has 0 aromatic heterocycles. The number of hydrogen-bond donors (Lipinski definition) is 0. The molecular weight excluding hydrogens is 356 g/mol. The summed E-state index contributed by atoms with van der Waals surface area (Å²) in [7, 11) is 0. The Morgan fingerprint density at radius 2 is 1.83 bits per heavy atom. The second kappa shape index (κ2) is 7.65. The Morgan fingerprint density at radius 3 is 2.55 bits per heavy atom. The summed E-state index contributed by atoms with van der Waals surface area (Å²) in [6.45, 7) is 11.8. The largest absolute Gasteiger partial charge is 0.299 e. The quantitative estimate of drug-likeness (QED) is 0.479. The summed E-state index contributed by atoms with van der Waals surface area (Å²) in [5, 5.41) is 0. The average molecular weight is 399 g/mol. The number of fused-ring (bicyclic) bond motifs is 5. The van der Waals surface area contributed by atoms with Crippen molar-refractivity contribution in [3.8, 4) is 0 Å². The lowest BCUT2D eigenvalue weighted by Crippen LogP contribution is -2.54. The van der Waals surface area contributed by atoms with Crippen molar-refractivity contribution in [2.75, 3.05) is 0 Å². The highest BCUT2D eigenvalue weighted by Gasteiger charge is 2.62. The summed E-state index contributed by atoms with van der Waals surface area (Å²) < 4.78 is 0. The molecule has 0 saturated heterocycles. The van der Waals surface area contributed by atoms with Crippen LogP contribution in [-0.2, 0) is 9.59 Å². The predicted molar refractivity (Wildman–Crippen MR) is 118 cm³/mol. The first kappa shape index (κ1) is 21.3. The molecule has 0 aromatic carbocycles. The lowest BCUT2D eigenvalue weighted by atomic mass is 9.46. The third-order valence-electron chi connectivity index (χ3n) is 10.00. The third-order valence-corrected chi connectivity index (χ3v) is 10.00. The molecule has 0 aromatic rings. The highest BCUT2D eigenvalue weighted by atomic mass is 16.1. The van der Waals surface area contributed by atoms with Crippen molar-refractivity contribution in [3.63, 3.8) is 0 Å². The van der Waals surface area contributed by atoms with Gasteiger partial charge in [-0.25, -0.2) is 0 Å². The summed E-state index contributed by atoms with van der Waals surface area (Å²) in [6, 6.07) is 0. The van der Waals surface area contributed by atoms with Crippen molar-refractivity contribution < 1.29 is 9.59 Å². The molecule has 0 aliphatic heterocycles. The predicted octanol–water partition coefficient (Wildman–Crippen LogP) is 6.78. The SMILES string of the molecule is CC(C)CCC[C@@H](C)[C@H]1CC[C@H]2[C@@H]3CC=C4CC(=O)CC[C@]4(C)[C@H]3CC(=O)[C@]12C. The van der Waals surface area contributed by atoms with Crippen LogP contribution in [0, 0.1) is 46.3 Å². The van der Waals surface area contributed by atoms with Crippen molar-refractivity contribution in [1.82, 2.24) is 0 Å². The summed E-state index contributed by atoms with van der Waals surface area (Å²) in [4.78, 5) is 25.8. The number of ketones is 2. The third kappa shape index (κ3) is 3.37. The Hall–Kier alpha value is -0.920. The van der Waals surface area contributed by atoms with Crippen LogP contribution < -0.4 is 0 Å². The molecule has 0 heterocycles. The van der Waals surface area contributed by atoms with Crippen molar-refractivity contribution >= 4 is 11.6 Å². The highest BCUT2D eigenvalue weighted by Crippen LogP contribution is 2.66. The van der Waals surface area contributed by atoms with Crippen molar-refractivity contribution in [1.29, 1.82) is 0 Å². The molecule has 4 aliphatic rings. The monoisotopic (exact) mass is 398 g/mol. The number of carbonyl (C=O) groups is 2. The van der Waals surface area contributed by atoms with Gasteiger partial charge in [-0.05, 0) is 66.6 Å². The van der Waals surface area contributed by atoms with Gasteiger partial charge in [0.1, 0.15) is 11.6 Å². The van der Waals surface area contributed by atoms with Crippen LogP contribution in [0.5, 0.6) is 0 Å². The smallest absolute Gasteiger partial charge is 0.139 e. The molecule has 3 fully saturated rings. The first-order valence-electron chi connectivity index (χ1n) is 12.4. The Balaban J connectivity index is 1.56. The summed E-state index contributed by atoms with van der Waals surface area (Å²) >= 11 is 0. The van der Waals surface area contributed by atoms with Gasteiger partial charge in [0.15, 0.2) is 0 Å². The molecule has 4 aliphatic carbocycles. The van der Waals surface area contributed by atoms with Gasteiger partial charge in [-0.2, -0.15) is 0 Å². The number of rotatable bonds is 5. The van der Waals surface area contributed by atoms with Crippen LogP contribution in [0.1, 0.15) is 98.8 Å². The van der Waals surface area contributed by atoms with Gasteiger partial charge in [0, 0.05) is 24.7 Å². The number of allylic oxidation sites excluding steroid dienone is 2. The fourth-order valence-corrected chi connectivity index (χ4v) is 8.18. The van der Waals surface area contributed by atoms with Crippen molar-refractivity contribution in [2.24, 2.45) is 46.3 Å². The van der Waals surface area contributed by atoms with Crippen LogP contribution >= 0.6 is 0 Å². The van der Waals surface area contributed by atoms with E-state index in [-0.39, 0.29) is 10.8 Å². The molecule has 7 atom stereocenters. The molecule has 0 N–H and O–H groups in total. The maximum atomic E-state index is 13.7. The first-order chi connectivity index (χ1) is 13.7. The standard InChI is InChI=1S/C27H42O2/c1-17(2)7-6-8-18(3)22-11-12-23-21-10-9-19-15-20(28)13-14-26(19,4)24(21)16-25(29)27(22,23)5/h9,17-18,21-24H,6-8,10-16H2,1-5H3/t18-,21+,22-,23+,24+,26+,27-/m1/s1. The van der Waals surface area contributed by atoms with Crippen LogP contribution in [0.25, 0.3) is 0 Å². The van der Waals surface area contributed by atoms with E-state index in [1.165, 1.54) is 37.7 Å². The van der Waals surface area contributed by atoms with E-state index in [0.717, 1.165) is 25.2 Å². The molecule has 4 rings (SSSR count). The molecule has 2 heteroatoms. The van der Waals surface area contributed by atoms with Crippen LogP contribution in [0.3, 0.4) is 0 Å². The molecule has 0 amide bonds. The Morgan fingerprint density at radius 1 is 1.07 bits per heavy atom. The number of carbonyl (C=O) groups excluding carboxylic acids is 2. The van der Waals surface area contributed by atoms with E-state index in [9.17, 15) is 9.59 Å². The van der Waals surface area contributed by atoms with E-state index >= 15 is 0 Å². The van der Waals surface area contributed by atoms with Gasteiger partial charge in [-0.3, -0.25) is 9.59 Å². The normalized spacial score (nSPS) is 42.9. The summed E-state index contributed by atoms with van der Waals surface area (Å²) in [5.41, 5.74) is 1.35. The summed E-state index contributed by atoms with van der Waals surface area (Å²) in [5.74, 6) is 4.62. The van der Waals surface area contributed by atoms with Crippen molar-refractivity contribution in [3.05, 3.63) is 11.6 Å². The van der Waals surface area contributed by atoms with E-state index in [0.29, 0.717) is 54.0 Å². The van der Waals surface area contributed by atoms with E-state index in [2.05, 4.69) is 40.7 Å². The van der Waals surface area contributed by atoms with Crippen LogP contribution in [0.4, 0.5) is 0 Å². The molecule has 0 unspecified atom stereocenters. The second-order valence-electron chi connectivity index (χ2n) is 11.9. The van der Waals surface area contributed by atoms with Gasteiger partial charge < -0.3 is 0 Å². The summed E-state index contributed by atoms with van der Waals surface area (Å²) in [6.07, 6.45) is 13.0. The number of Topliss-reactive ketones (excluding diaryl/α,β-unsaturated/α-hetero) is 2. The Kier molecular flexibility index (Phi) is 5.62. The van der Waals surface area contributed by atoms with Crippen molar-refractivity contribution in [2.45, 2.75) is 98.8 Å². The Bertz CT molecular complexity index is 703. The topological polar surface area (TPSA) is 34.1 Å². The minimum absolute atomic E-state index is 0.0920. The van der Waals surface area contributed by atoms with Gasteiger partial charge in [-0.15, -0.1) is 0 Å². The minimum Gasteiger partial charge on any atom is -0.299 e. The Labute approximate surface area is 178 Å². The highest BCUT2D eigenvalue weighted by molar-refractivity contribution is 5.87. The van der Waals surface area contributed by atoms with Gasteiger partial charge in [0.25, 0.3) is 0 Å². The lowest BCUT2D eigenvalue weighted by molar-refractivity contribution is -0.147. The molecule has 0 bridgehead atoms. The molecule has 0 spiro atoms. The fourth-order valence-electron chi connectivity index (χ4n) is 8.18. The molecule has 0 radical (unpaired) electrons. The van der Waals surface area contributed by atoms with Gasteiger partial charge in [0.2, 0.25) is 0 Å². The maximum Gasteiger partial charge on any atom is 0.139 e. The maximum absolute atomic E-state index is 13.7.